The molecule has 1 atom stereocenters. The second kappa shape index (κ2) is 3.35. The van der Waals surface area contributed by atoms with Crippen molar-refractivity contribution >= 4 is 0 Å². The Hall–Kier alpha value is -0.0800. The zero-order chi connectivity index (χ0) is 9.35. The molecule has 1 rings (SSSR count). The van der Waals surface area contributed by atoms with Crippen molar-refractivity contribution in [2.24, 2.45) is 11.3 Å². The van der Waals surface area contributed by atoms with Crippen LogP contribution in [-0.2, 0) is 0 Å². The lowest BCUT2D eigenvalue weighted by atomic mass is 9.89. The lowest BCUT2D eigenvalue weighted by molar-refractivity contribution is -0.00982. The van der Waals surface area contributed by atoms with Gasteiger partial charge in [-0.3, -0.25) is 0 Å². The van der Waals surface area contributed by atoms with Crippen LogP contribution in [0.2, 0.25) is 0 Å². The van der Waals surface area contributed by atoms with Gasteiger partial charge in [-0.05, 0) is 12.3 Å². The van der Waals surface area contributed by atoms with E-state index in [2.05, 4.69) is 25.7 Å². The summed E-state index contributed by atoms with van der Waals surface area (Å²) >= 11 is 0. The van der Waals surface area contributed by atoms with E-state index in [-0.39, 0.29) is 6.10 Å². The Labute approximate surface area is 75.6 Å². The van der Waals surface area contributed by atoms with Gasteiger partial charge in [0.05, 0.1) is 6.10 Å². The van der Waals surface area contributed by atoms with E-state index in [1.165, 1.54) is 0 Å². The molecular weight excluding hydrogens is 150 g/mol. The molecule has 2 heteroatoms. The highest BCUT2D eigenvalue weighted by Crippen LogP contribution is 2.24. The number of aliphatic hydroxyl groups is 1. The summed E-state index contributed by atoms with van der Waals surface area (Å²) in [6, 6.07) is 0. The molecule has 1 fully saturated rings. The molecule has 2 nitrogen and oxygen atoms in total. The van der Waals surface area contributed by atoms with Crippen LogP contribution in [0.15, 0.2) is 0 Å². The summed E-state index contributed by atoms with van der Waals surface area (Å²) < 4.78 is 0. The Kier molecular flexibility index (Phi) is 2.79. The third kappa shape index (κ3) is 2.76. The summed E-state index contributed by atoms with van der Waals surface area (Å²) in [7, 11) is 0. The van der Waals surface area contributed by atoms with Gasteiger partial charge in [-0.15, -0.1) is 0 Å². The molecule has 1 unspecified atom stereocenters. The zero-order valence-corrected chi connectivity index (χ0v) is 8.67. The van der Waals surface area contributed by atoms with E-state index in [0.717, 1.165) is 19.6 Å². The summed E-state index contributed by atoms with van der Waals surface area (Å²) in [5.41, 5.74) is 0.393. The second-order valence-electron chi connectivity index (χ2n) is 5.26. The molecule has 0 radical (unpaired) electrons. The average Bonchev–Trinajstić information content (AvgIpc) is 1.74. The number of likely N-dealkylation sites (tertiary alicyclic amines) is 1. The molecular formula is C10H21NO. The Morgan fingerprint density at radius 1 is 1.42 bits per heavy atom. The molecule has 1 aliphatic rings. The van der Waals surface area contributed by atoms with Crippen molar-refractivity contribution in [1.29, 1.82) is 0 Å². The summed E-state index contributed by atoms with van der Waals surface area (Å²) in [5, 5.41) is 9.26. The predicted octanol–water partition coefficient (Wildman–Crippen LogP) is 1.35. The van der Waals surface area contributed by atoms with Gasteiger partial charge in [-0.2, -0.15) is 0 Å². The quantitative estimate of drug-likeness (QED) is 0.678. The summed E-state index contributed by atoms with van der Waals surface area (Å²) in [5.74, 6) is 0.521. The minimum atomic E-state index is -0.124. The van der Waals surface area contributed by atoms with Crippen LogP contribution in [0.1, 0.15) is 27.7 Å². The van der Waals surface area contributed by atoms with E-state index < -0.39 is 0 Å². The van der Waals surface area contributed by atoms with Crippen molar-refractivity contribution in [3.63, 3.8) is 0 Å². The van der Waals surface area contributed by atoms with Crippen molar-refractivity contribution in [1.82, 2.24) is 4.90 Å². The molecule has 0 aliphatic carbocycles. The maximum atomic E-state index is 9.26. The third-order valence-corrected chi connectivity index (χ3v) is 2.37. The van der Waals surface area contributed by atoms with Gasteiger partial charge in [0, 0.05) is 25.6 Å². The maximum absolute atomic E-state index is 9.26. The normalized spacial score (nSPS) is 23.8. The lowest BCUT2D eigenvalue weighted by Crippen LogP contribution is -2.53. The van der Waals surface area contributed by atoms with Crippen LogP contribution < -0.4 is 0 Å². The molecule has 12 heavy (non-hydrogen) atoms. The van der Waals surface area contributed by atoms with Gasteiger partial charge in [0.1, 0.15) is 0 Å². The highest BCUT2D eigenvalue weighted by Gasteiger charge is 2.32. The first-order valence-electron chi connectivity index (χ1n) is 4.79. The molecule has 0 aromatic heterocycles. The zero-order valence-electron chi connectivity index (χ0n) is 8.67. The second-order valence-corrected chi connectivity index (χ2v) is 5.26. The molecule has 0 spiro atoms. The fourth-order valence-electron chi connectivity index (χ4n) is 1.71. The summed E-state index contributed by atoms with van der Waals surface area (Å²) in [6.07, 6.45) is -0.124. The maximum Gasteiger partial charge on any atom is 0.0564 e. The van der Waals surface area contributed by atoms with Gasteiger partial charge in [-0.25, -0.2) is 0 Å². The van der Waals surface area contributed by atoms with Crippen LogP contribution in [-0.4, -0.2) is 35.7 Å². The minimum Gasteiger partial charge on any atom is -0.393 e. The van der Waals surface area contributed by atoms with Gasteiger partial charge in [0.25, 0.3) is 0 Å². The largest absolute Gasteiger partial charge is 0.393 e. The minimum absolute atomic E-state index is 0.124. The summed E-state index contributed by atoms with van der Waals surface area (Å²) in [6.45, 7) is 12.0. The van der Waals surface area contributed by atoms with Crippen molar-refractivity contribution in [2.75, 3.05) is 19.6 Å². The molecule has 0 amide bonds. The number of aliphatic hydroxyl groups excluding tert-OH is 1. The highest BCUT2D eigenvalue weighted by molar-refractivity contribution is 4.85. The first-order valence-corrected chi connectivity index (χ1v) is 4.79. The molecule has 1 saturated heterocycles. The topological polar surface area (TPSA) is 23.5 Å². The SMILES string of the molecule is CC(O)C1CN(CC(C)(C)C)C1. The first kappa shape index (κ1) is 10.0. The van der Waals surface area contributed by atoms with Gasteiger partial charge >= 0.3 is 0 Å². The average molecular weight is 171 g/mol. The van der Waals surface area contributed by atoms with E-state index in [1.54, 1.807) is 0 Å². The predicted molar refractivity (Wildman–Crippen MR) is 51.1 cm³/mol. The van der Waals surface area contributed by atoms with E-state index in [4.69, 9.17) is 0 Å². The monoisotopic (exact) mass is 171 g/mol. The van der Waals surface area contributed by atoms with Gasteiger partial charge in [-0.1, -0.05) is 20.8 Å². The standard InChI is InChI=1S/C10H21NO/c1-8(12)9-5-11(6-9)7-10(2,3)4/h8-9,12H,5-7H2,1-4H3. The van der Waals surface area contributed by atoms with Crippen molar-refractivity contribution < 1.29 is 5.11 Å². The van der Waals surface area contributed by atoms with E-state index in [9.17, 15) is 5.11 Å². The van der Waals surface area contributed by atoms with Crippen molar-refractivity contribution in [3.8, 4) is 0 Å². The van der Waals surface area contributed by atoms with Gasteiger partial charge < -0.3 is 10.0 Å². The van der Waals surface area contributed by atoms with E-state index in [0.29, 0.717) is 11.3 Å². The Morgan fingerprint density at radius 2 is 1.92 bits per heavy atom. The van der Waals surface area contributed by atoms with Gasteiger partial charge in [0.15, 0.2) is 0 Å². The fourth-order valence-corrected chi connectivity index (χ4v) is 1.71. The molecule has 1 N–H and O–H groups in total. The van der Waals surface area contributed by atoms with Crippen molar-refractivity contribution in [3.05, 3.63) is 0 Å². The first-order chi connectivity index (χ1) is 5.38. The number of hydrogen-bond acceptors (Lipinski definition) is 2. The molecule has 0 bridgehead atoms. The Balaban J connectivity index is 2.18. The third-order valence-electron chi connectivity index (χ3n) is 2.37. The van der Waals surface area contributed by atoms with Crippen LogP contribution in [0.3, 0.4) is 0 Å². The van der Waals surface area contributed by atoms with E-state index >= 15 is 0 Å². The number of nitrogens with zero attached hydrogens (tertiary/aromatic N) is 1. The molecule has 1 heterocycles. The van der Waals surface area contributed by atoms with E-state index in [1.807, 2.05) is 6.92 Å². The smallest absolute Gasteiger partial charge is 0.0564 e. The Morgan fingerprint density at radius 3 is 2.25 bits per heavy atom. The molecule has 72 valence electrons. The van der Waals surface area contributed by atoms with Gasteiger partial charge in [0.2, 0.25) is 0 Å². The van der Waals surface area contributed by atoms with Crippen LogP contribution in [0.25, 0.3) is 0 Å². The number of rotatable bonds is 2. The molecule has 0 aromatic rings. The van der Waals surface area contributed by atoms with Crippen LogP contribution in [0.5, 0.6) is 0 Å². The van der Waals surface area contributed by atoms with Crippen LogP contribution in [0.4, 0.5) is 0 Å². The highest BCUT2D eigenvalue weighted by atomic mass is 16.3. The van der Waals surface area contributed by atoms with Crippen molar-refractivity contribution in [2.45, 2.75) is 33.8 Å². The molecule has 0 aromatic carbocycles. The van der Waals surface area contributed by atoms with Crippen LogP contribution in [0, 0.1) is 11.3 Å². The lowest BCUT2D eigenvalue weighted by Gasteiger charge is -2.43. The molecule has 0 saturated carbocycles. The fraction of sp³-hybridized carbons (Fsp3) is 1.00. The number of hydrogen-bond donors (Lipinski definition) is 1. The van der Waals surface area contributed by atoms with Crippen LogP contribution >= 0.6 is 0 Å². The Bertz CT molecular complexity index is 142. The molecule has 1 aliphatic heterocycles. The summed E-state index contributed by atoms with van der Waals surface area (Å²) in [4.78, 5) is 2.41.